The molecule has 98 valence electrons. The number of nitrogens with one attached hydrogen (secondary N) is 1. The number of fused-ring (bicyclic) bond motifs is 1. The van der Waals surface area contributed by atoms with Crippen LogP contribution in [0.3, 0.4) is 0 Å². The van der Waals surface area contributed by atoms with Gasteiger partial charge in [0.1, 0.15) is 0 Å². The molecule has 2 heteroatoms. The first kappa shape index (κ1) is 12.2. The van der Waals surface area contributed by atoms with E-state index in [1.165, 1.54) is 30.5 Å². The monoisotopic (exact) mass is 245 g/mol. The zero-order valence-electron chi connectivity index (χ0n) is 11.2. The fourth-order valence-corrected chi connectivity index (χ4v) is 3.33. The molecule has 0 bridgehead atoms. The summed E-state index contributed by atoms with van der Waals surface area (Å²) in [5.41, 5.74) is 2.90. The van der Waals surface area contributed by atoms with Gasteiger partial charge in [0.15, 0.2) is 0 Å². The first-order valence-corrected chi connectivity index (χ1v) is 7.25. The Kier molecular flexibility index (Phi) is 3.67. The van der Waals surface area contributed by atoms with Gasteiger partial charge in [-0.2, -0.15) is 0 Å². The Labute approximate surface area is 110 Å². The third-order valence-electron chi connectivity index (χ3n) is 4.35. The van der Waals surface area contributed by atoms with Crippen molar-refractivity contribution in [2.75, 3.05) is 13.2 Å². The number of rotatable bonds is 2. The highest BCUT2D eigenvalue weighted by atomic mass is 16.5. The summed E-state index contributed by atoms with van der Waals surface area (Å²) in [6.07, 6.45) is 5.11. The quantitative estimate of drug-likeness (QED) is 0.864. The number of piperidine rings is 1. The minimum Gasteiger partial charge on any atom is -0.373 e. The van der Waals surface area contributed by atoms with E-state index in [-0.39, 0.29) is 0 Å². The second-order valence-corrected chi connectivity index (χ2v) is 5.82. The lowest BCUT2D eigenvalue weighted by molar-refractivity contribution is 0.0258. The molecular formula is C16H23NO. The van der Waals surface area contributed by atoms with E-state index in [9.17, 15) is 0 Å². The van der Waals surface area contributed by atoms with Gasteiger partial charge in [-0.3, -0.25) is 0 Å². The number of hydrogen-bond donors (Lipinski definition) is 1. The molecule has 1 aromatic rings. The van der Waals surface area contributed by atoms with Gasteiger partial charge in [-0.15, -0.1) is 0 Å². The second kappa shape index (κ2) is 5.41. The SMILES string of the molecule is CC1CCNC(CC2OCCc3ccccc32)C1. The van der Waals surface area contributed by atoms with Gasteiger partial charge in [0.2, 0.25) is 0 Å². The van der Waals surface area contributed by atoms with Crippen LogP contribution in [0.5, 0.6) is 0 Å². The molecule has 0 aromatic heterocycles. The summed E-state index contributed by atoms with van der Waals surface area (Å²) in [6, 6.07) is 9.40. The minimum atomic E-state index is 0.303. The van der Waals surface area contributed by atoms with Crippen LogP contribution in [0.2, 0.25) is 0 Å². The van der Waals surface area contributed by atoms with E-state index in [4.69, 9.17) is 4.74 Å². The summed E-state index contributed by atoms with van der Waals surface area (Å²) in [4.78, 5) is 0. The van der Waals surface area contributed by atoms with Crippen LogP contribution in [-0.4, -0.2) is 19.2 Å². The van der Waals surface area contributed by atoms with Gasteiger partial charge in [-0.05, 0) is 49.3 Å². The molecule has 0 aliphatic carbocycles. The van der Waals surface area contributed by atoms with Crippen molar-refractivity contribution in [2.24, 2.45) is 5.92 Å². The lowest BCUT2D eigenvalue weighted by Crippen LogP contribution is -2.39. The van der Waals surface area contributed by atoms with E-state index in [0.29, 0.717) is 12.1 Å². The molecule has 1 aromatic carbocycles. The summed E-state index contributed by atoms with van der Waals surface area (Å²) < 4.78 is 6.00. The normalized spacial score (nSPS) is 31.9. The van der Waals surface area contributed by atoms with Crippen LogP contribution in [0.1, 0.15) is 43.4 Å². The minimum absolute atomic E-state index is 0.303. The summed E-state index contributed by atoms with van der Waals surface area (Å²) in [7, 11) is 0. The molecule has 3 rings (SSSR count). The number of hydrogen-bond acceptors (Lipinski definition) is 2. The predicted molar refractivity (Wildman–Crippen MR) is 73.6 cm³/mol. The largest absolute Gasteiger partial charge is 0.373 e. The fourth-order valence-electron chi connectivity index (χ4n) is 3.33. The van der Waals surface area contributed by atoms with Crippen molar-refractivity contribution >= 4 is 0 Å². The van der Waals surface area contributed by atoms with Gasteiger partial charge in [0.05, 0.1) is 12.7 Å². The van der Waals surface area contributed by atoms with E-state index < -0.39 is 0 Å². The molecule has 0 amide bonds. The van der Waals surface area contributed by atoms with E-state index in [2.05, 4.69) is 36.5 Å². The molecular weight excluding hydrogens is 222 g/mol. The number of ether oxygens (including phenoxy) is 1. The van der Waals surface area contributed by atoms with Crippen LogP contribution in [0, 0.1) is 5.92 Å². The second-order valence-electron chi connectivity index (χ2n) is 5.82. The molecule has 2 nitrogen and oxygen atoms in total. The molecule has 0 radical (unpaired) electrons. The van der Waals surface area contributed by atoms with E-state index in [0.717, 1.165) is 25.4 Å². The Hall–Kier alpha value is -0.860. The highest BCUT2D eigenvalue weighted by molar-refractivity contribution is 5.31. The van der Waals surface area contributed by atoms with Crippen LogP contribution in [-0.2, 0) is 11.2 Å². The molecule has 3 unspecified atom stereocenters. The van der Waals surface area contributed by atoms with Gasteiger partial charge in [0.25, 0.3) is 0 Å². The van der Waals surface area contributed by atoms with E-state index >= 15 is 0 Å². The molecule has 2 aliphatic heterocycles. The Morgan fingerprint density at radius 1 is 1.33 bits per heavy atom. The standard InChI is InChI=1S/C16H23NO/c1-12-6-8-17-14(10-12)11-16-15-5-3-2-4-13(15)7-9-18-16/h2-5,12,14,16-17H,6-11H2,1H3. The topological polar surface area (TPSA) is 21.3 Å². The third-order valence-corrected chi connectivity index (χ3v) is 4.35. The Morgan fingerprint density at radius 3 is 3.11 bits per heavy atom. The molecule has 1 N–H and O–H groups in total. The van der Waals surface area contributed by atoms with Crippen LogP contribution >= 0.6 is 0 Å². The Bertz CT molecular complexity index is 404. The summed E-state index contributed by atoms with van der Waals surface area (Å²) >= 11 is 0. The first-order valence-electron chi connectivity index (χ1n) is 7.25. The molecule has 0 spiro atoms. The lowest BCUT2D eigenvalue weighted by atomic mass is 9.87. The summed E-state index contributed by atoms with van der Waals surface area (Å²) in [6.45, 7) is 4.41. The predicted octanol–water partition coefficient (Wildman–Crippen LogP) is 3.08. The maximum atomic E-state index is 6.00. The van der Waals surface area contributed by atoms with Crippen LogP contribution in [0.4, 0.5) is 0 Å². The van der Waals surface area contributed by atoms with Crippen molar-refractivity contribution in [3.05, 3.63) is 35.4 Å². The summed E-state index contributed by atoms with van der Waals surface area (Å²) in [5.74, 6) is 0.857. The average molecular weight is 245 g/mol. The van der Waals surface area contributed by atoms with Crippen molar-refractivity contribution in [1.82, 2.24) is 5.32 Å². The van der Waals surface area contributed by atoms with Gasteiger partial charge in [-0.1, -0.05) is 31.2 Å². The fraction of sp³-hybridized carbons (Fsp3) is 0.625. The van der Waals surface area contributed by atoms with Crippen LogP contribution < -0.4 is 5.32 Å². The third kappa shape index (κ3) is 2.60. The van der Waals surface area contributed by atoms with Crippen LogP contribution in [0.15, 0.2) is 24.3 Å². The van der Waals surface area contributed by atoms with Gasteiger partial charge >= 0.3 is 0 Å². The lowest BCUT2D eigenvalue weighted by Gasteiger charge is -2.33. The molecule has 0 saturated carbocycles. The Morgan fingerprint density at radius 2 is 2.22 bits per heavy atom. The molecule has 2 aliphatic rings. The summed E-state index contributed by atoms with van der Waals surface area (Å²) in [5, 5.41) is 3.65. The van der Waals surface area contributed by atoms with Crippen molar-refractivity contribution in [3.63, 3.8) is 0 Å². The maximum absolute atomic E-state index is 6.00. The van der Waals surface area contributed by atoms with Crippen molar-refractivity contribution in [2.45, 2.75) is 44.8 Å². The van der Waals surface area contributed by atoms with Crippen molar-refractivity contribution in [3.8, 4) is 0 Å². The Balaban J connectivity index is 1.70. The number of benzene rings is 1. The highest BCUT2D eigenvalue weighted by Crippen LogP contribution is 2.32. The molecule has 1 saturated heterocycles. The smallest absolute Gasteiger partial charge is 0.0842 e. The van der Waals surface area contributed by atoms with E-state index in [1.54, 1.807) is 0 Å². The average Bonchev–Trinajstić information content (AvgIpc) is 2.39. The van der Waals surface area contributed by atoms with Crippen molar-refractivity contribution < 1.29 is 4.74 Å². The zero-order valence-corrected chi connectivity index (χ0v) is 11.2. The van der Waals surface area contributed by atoms with Gasteiger partial charge in [0, 0.05) is 6.04 Å². The highest BCUT2D eigenvalue weighted by Gasteiger charge is 2.26. The molecule has 2 heterocycles. The maximum Gasteiger partial charge on any atom is 0.0842 e. The molecule has 18 heavy (non-hydrogen) atoms. The van der Waals surface area contributed by atoms with Crippen LogP contribution in [0.25, 0.3) is 0 Å². The first-order chi connectivity index (χ1) is 8.83. The van der Waals surface area contributed by atoms with Crippen molar-refractivity contribution in [1.29, 1.82) is 0 Å². The van der Waals surface area contributed by atoms with E-state index in [1.807, 2.05) is 0 Å². The van der Waals surface area contributed by atoms with Gasteiger partial charge in [-0.25, -0.2) is 0 Å². The zero-order chi connectivity index (χ0) is 12.4. The molecule has 1 fully saturated rings. The molecule has 3 atom stereocenters. The van der Waals surface area contributed by atoms with Gasteiger partial charge < -0.3 is 10.1 Å².